The van der Waals surface area contributed by atoms with Gasteiger partial charge in [-0.25, -0.2) is 8.78 Å². The van der Waals surface area contributed by atoms with Crippen LogP contribution in [0.1, 0.15) is 27.0 Å². The highest BCUT2D eigenvalue weighted by Gasteiger charge is 2.16. The van der Waals surface area contributed by atoms with E-state index in [2.05, 4.69) is 15.9 Å². The average Bonchev–Trinajstić information content (AvgIpc) is 2.37. The number of aryl methyl sites for hydroxylation is 2. The van der Waals surface area contributed by atoms with Gasteiger partial charge in [0.15, 0.2) is 5.78 Å². The number of benzene rings is 2. The van der Waals surface area contributed by atoms with Gasteiger partial charge in [-0.2, -0.15) is 0 Å². The number of hydrogen-bond acceptors (Lipinski definition) is 1. The Hall–Kier alpha value is -1.55. The van der Waals surface area contributed by atoms with Crippen molar-refractivity contribution in [2.75, 3.05) is 0 Å². The van der Waals surface area contributed by atoms with E-state index in [0.717, 1.165) is 0 Å². The second-order valence-electron chi connectivity index (χ2n) is 4.38. The minimum absolute atomic E-state index is 0.0280. The molecule has 0 fully saturated rings. The largest absolute Gasteiger partial charge is 0.288 e. The molecule has 0 N–H and O–H groups in total. The van der Waals surface area contributed by atoms with Gasteiger partial charge in [0.05, 0.1) is 5.56 Å². The Morgan fingerprint density at radius 1 is 1.05 bits per heavy atom. The van der Waals surface area contributed by atoms with Gasteiger partial charge in [-0.1, -0.05) is 15.9 Å². The number of hydrogen-bond donors (Lipinski definition) is 0. The van der Waals surface area contributed by atoms with Gasteiger partial charge in [-0.05, 0) is 55.3 Å². The fraction of sp³-hybridized carbons (Fsp3) is 0.133. The maximum absolute atomic E-state index is 13.7. The average molecular weight is 325 g/mol. The first-order valence-corrected chi connectivity index (χ1v) is 6.46. The molecule has 0 unspecified atom stereocenters. The van der Waals surface area contributed by atoms with E-state index in [-0.39, 0.29) is 16.9 Å². The molecule has 0 aliphatic rings. The summed E-state index contributed by atoms with van der Waals surface area (Å²) in [6.07, 6.45) is 0. The summed E-state index contributed by atoms with van der Waals surface area (Å²) in [6, 6.07) is 7.04. The summed E-state index contributed by atoms with van der Waals surface area (Å²) in [5.74, 6) is -1.39. The van der Waals surface area contributed by atoms with Gasteiger partial charge in [0, 0.05) is 10.0 Å². The van der Waals surface area contributed by atoms with Crippen LogP contribution >= 0.6 is 15.9 Å². The van der Waals surface area contributed by atoms with E-state index in [9.17, 15) is 13.6 Å². The first-order chi connectivity index (χ1) is 8.90. The lowest BCUT2D eigenvalue weighted by Gasteiger charge is -2.07. The van der Waals surface area contributed by atoms with E-state index >= 15 is 0 Å². The number of carbonyl (C=O) groups excluding carboxylic acids is 1. The predicted molar refractivity (Wildman–Crippen MR) is 73.4 cm³/mol. The molecule has 2 aromatic carbocycles. The van der Waals surface area contributed by atoms with Crippen molar-refractivity contribution < 1.29 is 13.6 Å². The summed E-state index contributed by atoms with van der Waals surface area (Å²) in [5.41, 5.74) is 1.01. The Bertz CT molecular complexity index is 642. The third-order valence-corrected chi connectivity index (χ3v) is 3.36. The van der Waals surface area contributed by atoms with Crippen molar-refractivity contribution in [3.05, 3.63) is 68.7 Å². The van der Waals surface area contributed by atoms with Crippen LogP contribution in [0.25, 0.3) is 0 Å². The lowest BCUT2D eigenvalue weighted by atomic mass is 9.98. The van der Waals surface area contributed by atoms with E-state index in [1.54, 1.807) is 13.8 Å². The third-order valence-electron chi connectivity index (χ3n) is 2.87. The van der Waals surface area contributed by atoms with E-state index < -0.39 is 11.6 Å². The fourth-order valence-electron chi connectivity index (χ4n) is 1.90. The lowest BCUT2D eigenvalue weighted by molar-refractivity contribution is 0.103. The zero-order valence-corrected chi connectivity index (χ0v) is 12.0. The second kappa shape index (κ2) is 5.21. The maximum Gasteiger partial charge on any atom is 0.196 e. The van der Waals surface area contributed by atoms with Gasteiger partial charge in [0.2, 0.25) is 0 Å². The minimum atomic E-state index is -0.590. The standard InChI is InChI=1S/C15H11BrF2O/c1-8-5-10(6-9(2)14(8)18)15(19)12-7-11(16)3-4-13(12)17/h3-7H,1-2H3. The highest BCUT2D eigenvalue weighted by Crippen LogP contribution is 2.21. The smallest absolute Gasteiger partial charge is 0.196 e. The van der Waals surface area contributed by atoms with E-state index in [1.165, 1.54) is 30.3 Å². The monoisotopic (exact) mass is 324 g/mol. The summed E-state index contributed by atoms with van der Waals surface area (Å²) in [4.78, 5) is 12.3. The SMILES string of the molecule is Cc1cc(C(=O)c2cc(Br)ccc2F)cc(C)c1F. The maximum atomic E-state index is 13.7. The van der Waals surface area contributed by atoms with Crippen molar-refractivity contribution in [3.8, 4) is 0 Å². The van der Waals surface area contributed by atoms with Gasteiger partial charge in [-0.3, -0.25) is 4.79 Å². The molecule has 0 aliphatic heterocycles. The number of rotatable bonds is 2. The van der Waals surface area contributed by atoms with E-state index in [1.807, 2.05) is 0 Å². The van der Waals surface area contributed by atoms with Crippen LogP contribution in [-0.4, -0.2) is 5.78 Å². The Kier molecular flexibility index (Phi) is 3.80. The summed E-state index contributed by atoms with van der Waals surface area (Å²) >= 11 is 3.20. The molecule has 2 aromatic rings. The van der Waals surface area contributed by atoms with Gasteiger partial charge in [0.25, 0.3) is 0 Å². The van der Waals surface area contributed by atoms with Crippen molar-refractivity contribution in [1.29, 1.82) is 0 Å². The predicted octanol–water partition coefficient (Wildman–Crippen LogP) is 4.58. The summed E-state index contributed by atoms with van der Waals surface area (Å²) in [7, 11) is 0. The lowest BCUT2D eigenvalue weighted by Crippen LogP contribution is -2.06. The molecule has 0 saturated carbocycles. The molecular weight excluding hydrogens is 314 g/mol. The molecule has 0 heterocycles. The zero-order chi connectivity index (χ0) is 14.2. The van der Waals surface area contributed by atoms with Gasteiger partial charge >= 0.3 is 0 Å². The van der Waals surface area contributed by atoms with Gasteiger partial charge in [0.1, 0.15) is 11.6 Å². The normalized spacial score (nSPS) is 10.6. The molecule has 0 atom stereocenters. The van der Waals surface area contributed by atoms with Crippen LogP contribution in [0, 0.1) is 25.5 Å². The van der Waals surface area contributed by atoms with Gasteiger partial charge < -0.3 is 0 Å². The number of carbonyl (C=O) groups is 1. The van der Waals surface area contributed by atoms with Crippen molar-refractivity contribution >= 4 is 21.7 Å². The molecule has 1 nitrogen and oxygen atoms in total. The molecular formula is C15H11BrF2O. The van der Waals surface area contributed by atoms with Crippen LogP contribution in [-0.2, 0) is 0 Å². The highest BCUT2D eigenvalue weighted by atomic mass is 79.9. The van der Waals surface area contributed by atoms with E-state index in [4.69, 9.17) is 0 Å². The topological polar surface area (TPSA) is 17.1 Å². The molecule has 0 spiro atoms. The zero-order valence-electron chi connectivity index (χ0n) is 10.4. The second-order valence-corrected chi connectivity index (χ2v) is 5.29. The minimum Gasteiger partial charge on any atom is -0.288 e. The van der Waals surface area contributed by atoms with Crippen LogP contribution in [0.3, 0.4) is 0 Å². The van der Waals surface area contributed by atoms with Crippen LogP contribution in [0.15, 0.2) is 34.8 Å². The molecule has 0 aromatic heterocycles. The van der Waals surface area contributed by atoms with Crippen LogP contribution in [0.4, 0.5) is 8.78 Å². The first kappa shape index (κ1) is 13.9. The van der Waals surface area contributed by atoms with Crippen molar-refractivity contribution in [2.24, 2.45) is 0 Å². The number of ketones is 1. The Morgan fingerprint density at radius 3 is 2.21 bits per heavy atom. The summed E-state index contributed by atoms with van der Waals surface area (Å²) in [6.45, 7) is 3.16. The first-order valence-electron chi connectivity index (χ1n) is 5.66. The molecule has 2 rings (SSSR count). The summed E-state index contributed by atoms with van der Waals surface area (Å²) in [5, 5.41) is 0. The van der Waals surface area contributed by atoms with Crippen LogP contribution in [0.2, 0.25) is 0 Å². The molecule has 0 radical (unpaired) electrons. The fourth-order valence-corrected chi connectivity index (χ4v) is 2.27. The van der Waals surface area contributed by atoms with Gasteiger partial charge in [-0.15, -0.1) is 0 Å². The molecule has 19 heavy (non-hydrogen) atoms. The quantitative estimate of drug-likeness (QED) is 0.739. The molecule has 0 amide bonds. The number of halogens is 3. The van der Waals surface area contributed by atoms with Crippen LogP contribution in [0.5, 0.6) is 0 Å². The Labute approximate surface area is 118 Å². The molecule has 0 saturated heterocycles. The molecule has 0 aliphatic carbocycles. The van der Waals surface area contributed by atoms with Crippen molar-refractivity contribution in [3.63, 3.8) is 0 Å². The third kappa shape index (κ3) is 2.73. The molecule has 0 bridgehead atoms. The highest BCUT2D eigenvalue weighted by molar-refractivity contribution is 9.10. The van der Waals surface area contributed by atoms with E-state index in [0.29, 0.717) is 15.6 Å². The molecule has 4 heteroatoms. The van der Waals surface area contributed by atoms with Crippen molar-refractivity contribution in [2.45, 2.75) is 13.8 Å². The Morgan fingerprint density at radius 2 is 1.63 bits per heavy atom. The summed E-state index contributed by atoms with van der Waals surface area (Å²) < 4.78 is 27.8. The Balaban J connectivity index is 2.53. The molecule has 98 valence electrons. The van der Waals surface area contributed by atoms with Crippen molar-refractivity contribution in [1.82, 2.24) is 0 Å². The van der Waals surface area contributed by atoms with Crippen LogP contribution < -0.4 is 0 Å².